The number of amides is 1. The van der Waals surface area contributed by atoms with Crippen molar-refractivity contribution in [1.82, 2.24) is 24.7 Å². The summed E-state index contributed by atoms with van der Waals surface area (Å²) in [6.07, 6.45) is 7.10. The van der Waals surface area contributed by atoms with E-state index in [1.807, 2.05) is 21.7 Å². The summed E-state index contributed by atoms with van der Waals surface area (Å²) in [5, 5.41) is 3.45. The SMILES string of the molecule is CN=C(NCc1cccc(-n2ccnc2)c1)N1CCN(C(=O)C2CCCO2)CC1.I. The largest absolute Gasteiger partial charge is 0.368 e. The molecule has 2 aromatic rings. The number of rotatable bonds is 4. The van der Waals surface area contributed by atoms with E-state index < -0.39 is 0 Å². The maximum Gasteiger partial charge on any atom is 0.251 e. The summed E-state index contributed by atoms with van der Waals surface area (Å²) in [7, 11) is 1.80. The topological polar surface area (TPSA) is 75.0 Å². The van der Waals surface area contributed by atoms with Crippen LogP contribution < -0.4 is 5.32 Å². The van der Waals surface area contributed by atoms with Gasteiger partial charge in [0.05, 0.1) is 6.33 Å². The summed E-state index contributed by atoms with van der Waals surface area (Å²) in [4.78, 5) is 25.2. The second-order valence-corrected chi connectivity index (χ2v) is 7.35. The Morgan fingerprint density at radius 1 is 1.27 bits per heavy atom. The van der Waals surface area contributed by atoms with Crippen molar-refractivity contribution in [2.45, 2.75) is 25.5 Å². The molecule has 1 amide bonds. The highest BCUT2D eigenvalue weighted by atomic mass is 127. The van der Waals surface area contributed by atoms with Gasteiger partial charge in [-0.2, -0.15) is 0 Å². The minimum Gasteiger partial charge on any atom is -0.368 e. The van der Waals surface area contributed by atoms with Crippen molar-refractivity contribution in [3.63, 3.8) is 0 Å². The molecule has 9 heteroatoms. The highest BCUT2D eigenvalue weighted by Crippen LogP contribution is 2.16. The van der Waals surface area contributed by atoms with E-state index in [4.69, 9.17) is 4.74 Å². The standard InChI is InChI=1S/C21H28N6O2.HI/c1-22-21(24-15-17-4-2-5-18(14-17)27-8-7-23-16-27)26-11-9-25(10-12-26)20(28)19-6-3-13-29-19;/h2,4-5,7-8,14,16,19H,3,6,9-13,15H2,1H3,(H,22,24);1H. The number of hydrogen-bond acceptors (Lipinski definition) is 4. The Morgan fingerprint density at radius 2 is 2.07 bits per heavy atom. The number of piperazine rings is 1. The molecule has 1 unspecified atom stereocenters. The van der Waals surface area contributed by atoms with Gasteiger partial charge in [-0.15, -0.1) is 24.0 Å². The third kappa shape index (κ3) is 5.31. The van der Waals surface area contributed by atoms with Crippen LogP contribution in [0.15, 0.2) is 48.0 Å². The molecule has 1 N–H and O–H groups in total. The van der Waals surface area contributed by atoms with Crippen molar-refractivity contribution in [2.75, 3.05) is 39.8 Å². The number of carbonyl (C=O) groups is 1. The van der Waals surface area contributed by atoms with Crippen molar-refractivity contribution in [3.8, 4) is 5.69 Å². The molecule has 2 aliphatic heterocycles. The summed E-state index contributed by atoms with van der Waals surface area (Å²) in [5.41, 5.74) is 2.25. The van der Waals surface area contributed by atoms with Gasteiger partial charge in [-0.05, 0) is 30.5 Å². The predicted molar refractivity (Wildman–Crippen MR) is 126 cm³/mol. The molecule has 0 saturated carbocycles. The quantitative estimate of drug-likeness (QED) is 0.376. The number of benzene rings is 1. The van der Waals surface area contributed by atoms with Crippen LogP contribution in [0.5, 0.6) is 0 Å². The molecule has 2 saturated heterocycles. The lowest BCUT2D eigenvalue weighted by Crippen LogP contribution is -2.55. The number of hydrogen-bond donors (Lipinski definition) is 1. The summed E-state index contributed by atoms with van der Waals surface area (Å²) >= 11 is 0. The minimum absolute atomic E-state index is 0. The third-order valence-corrected chi connectivity index (χ3v) is 5.47. The van der Waals surface area contributed by atoms with E-state index in [-0.39, 0.29) is 36.0 Å². The number of aliphatic imine (C=N–C) groups is 1. The first-order valence-electron chi connectivity index (χ1n) is 10.2. The minimum atomic E-state index is -0.234. The second kappa shape index (κ2) is 10.8. The van der Waals surface area contributed by atoms with Gasteiger partial charge in [0.2, 0.25) is 0 Å². The van der Waals surface area contributed by atoms with Gasteiger partial charge >= 0.3 is 0 Å². The number of ether oxygens (including phenoxy) is 1. The summed E-state index contributed by atoms with van der Waals surface area (Å²) in [6.45, 7) is 4.34. The van der Waals surface area contributed by atoms with Crippen molar-refractivity contribution in [2.24, 2.45) is 4.99 Å². The molecular weight excluding hydrogens is 495 g/mol. The Labute approximate surface area is 194 Å². The van der Waals surface area contributed by atoms with Crippen LogP contribution in [0.2, 0.25) is 0 Å². The molecule has 0 spiro atoms. The van der Waals surface area contributed by atoms with E-state index in [2.05, 4.69) is 38.4 Å². The van der Waals surface area contributed by atoms with Gasteiger partial charge in [-0.3, -0.25) is 9.79 Å². The lowest BCUT2D eigenvalue weighted by Gasteiger charge is -2.37. The molecule has 4 rings (SSSR count). The lowest BCUT2D eigenvalue weighted by atomic mass is 10.2. The molecular formula is C21H29IN6O2. The highest BCUT2D eigenvalue weighted by molar-refractivity contribution is 14.0. The molecule has 3 heterocycles. The van der Waals surface area contributed by atoms with Crippen LogP contribution in [0, 0.1) is 0 Å². The number of nitrogens with zero attached hydrogens (tertiary/aromatic N) is 5. The van der Waals surface area contributed by atoms with Gasteiger partial charge in [0.1, 0.15) is 6.10 Å². The number of carbonyl (C=O) groups excluding carboxylic acids is 1. The molecule has 2 fully saturated rings. The predicted octanol–water partition coefficient (Wildman–Crippen LogP) is 1.89. The molecule has 30 heavy (non-hydrogen) atoms. The van der Waals surface area contributed by atoms with Gasteiger partial charge in [0.25, 0.3) is 5.91 Å². The van der Waals surface area contributed by atoms with Gasteiger partial charge in [-0.25, -0.2) is 4.98 Å². The highest BCUT2D eigenvalue weighted by Gasteiger charge is 2.30. The fourth-order valence-electron chi connectivity index (χ4n) is 3.87. The van der Waals surface area contributed by atoms with E-state index in [0.29, 0.717) is 26.2 Å². The van der Waals surface area contributed by atoms with Crippen LogP contribution in [0.4, 0.5) is 0 Å². The zero-order chi connectivity index (χ0) is 20.1. The van der Waals surface area contributed by atoms with Gasteiger partial charge in [-0.1, -0.05) is 12.1 Å². The number of guanidine groups is 1. The Bertz CT molecular complexity index is 843. The number of imidazole rings is 1. The van der Waals surface area contributed by atoms with E-state index >= 15 is 0 Å². The number of halogens is 1. The molecule has 0 radical (unpaired) electrons. The van der Waals surface area contributed by atoms with Crippen LogP contribution in [0.25, 0.3) is 5.69 Å². The Kier molecular flexibility index (Phi) is 8.08. The van der Waals surface area contributed by atoms with Crippen molar-refractivity contribution in [3.05, 3.63) is 48.5 Å². The van der Waals surface area contributed by atoms with Crippen molar-refractivity contribution in [1.29, 1.82) is 0 Å². The van der Waals surface area contributed by atoms with Crippen molar-refractivity contribution < 1.29 is 9.53 Å². The monoisotopic (exact) mass is 524 g/mol. The van der Waals surface area contributed by atoms with E-state index in [9.17, 15) is 4.79 Å². The van der Waals surface area contributed by atoms with Gasteiger partial charge in [0, 0.05) is 64.5 Å². The average molecular weight is 524 g/mol. The second-order valence-electron chi connectivity index (χ2n) is 7.35. The van der Waals surface area contributed by atoms with E-state index in [0.717, 1.165) is 37.6 Å². The van der Waals surface area contributed by atoms with Gasteiger partial charge < -0.3 is 24.4 Å². The Morgan fingerprint density at radius 3 is 2.73 bits per heavy atom. The molecule has 162 valence electrons. The van der Waals surface area contributed by atoms with Crippen LogP contribution in [-0.2, 0) is 16.1 Å². The number of nitrogens with one attached hydrogen (secondary N) is 1. The summed E-state index contributed by atoms with van der Waals surface area (Å²) in [5.74, 6) is 1.00. The van der Waals surface area contributed by atoms with E-state index in [1.165, 1.54) is 5.56 Å². The Hall–Kier alpha value is -2.14. The molecule has 1 aromatic carbocycles. The van der Waals surface area contributed by atoms with Crippen LogP contribution in [0.1, 0.15) is 18.4 Å². The van der Waals surface area contributed by atoms with Gasteiger partial charge in [0.15, 0.2) is 5.96 Å². The summed E-state index contributed by atoms with van der Waals surface area (Å²) < 4.78 is 7.53. The Balaban J connectivity index is 0.00000256. The molecule has 8 nitrogen and oxygen atoms in total. The lowest BCUT2D eigenvalue weighted by molar-refractivity contribution is -0.142. The zero-order valence-corrected chi connectivity index (χ0v) is 19.6. The fraction of sp³-hybridized carbons (Fsp3) is 0.476. The number of aromatic nitrogens is 2. The first-order valence-corrected chi connectivity index (χ1v) is 10.2. The average Bonchev–Trinajstić information content (AvgIpc) is 3.49. The molecule has 2 aliphatic rings. The van der Waals surface area contributed by atoms with E-state index in [1.54, 1.807) is 19.6 Å². The smallest absolute Gasteiger partial charge is 0.251 e. The first kappa shape index (κ1) is 22.5. The third-order valence-electron chi connectivity index (χ3n) is 5.47. The maximum atomic E-state index is 12.5. The van der Waals surface area contributed by atoms with Crippen LogP contribution >= 0.6 is 24.0 Å². The normalized spacial score (nSPS) is 19.5. The molecule has 1 atom stereocenters. The zero-order valence-electron chi connectivity index (χ0n) is 17.2. The van der Waals surface area contributed by atoms with Crippen molar-refractivity contribution >= 4 is 35.8 Å². The maximum absolute atomic E-state index is 12.5. The van der Waals surface area contributed by atoms with Crippen LogP contribution in [-0.4, -0.2) is 77.2 Å². The molecule has 1 aromatic heterocycles. The first-order chi connectivity index (χ1) is 14.2. The molecule has 0 aliphatic carbocycles. The fourth-order valence-corrected chi connectivity index (χ4v) is 3.87. The molecule has 0 bridgehead atoms. The summed E-state index contributed by atoms with van der Waals surface area (Å²) in [6, 6.07) is 8.34. The van der Waals surface area contributed by atoms with Crippen LogP contribution in [0.3, 0.4) is 0 Å².